The van der Waals surface area contributed by atoms with Crippen LogP contribution in [0.3, 0.4) is 0 Å². The minimum Gasteiger partial charge on any atom is -0.351 e. The van der Waals surface area contributed by atoms with Gasteiger partial charge in [-0.15, -0.1) is 0 Å². The van der Waals surface area contributed by atoms with Crippen LogP contribution in [0.2, 0.25) is 0 Å². The quantitative estimate of drug-likeness (QED) is 0.748. The fourth-order valence-corrected chi connectivity index (χ4v) is 3.09. The van der Waals surface area contributed by atoms with Crippen LogP contribution in [0.4, 0.5) is 10.5 Å². The summed E-state index contributed by atoms with van der Waals surface area (Å²) in [5, 5.41) is 0. The topological polar surface area (TPSA) is 63.4 Å². The number of rotatable bonds is 8. The van der Waals surface area contributed by atoms with E-state index < -0.39 is 6.03 Å². The molecule has 0 aromatic heterocycles. The first kappa shape index (κ1) is 19.7. The van der Waals surface area contributed by atoms with Crippen molar-refractivity contribution in [2.75, 3.05) is 4.90 Å². The van der Waals surface area contributed by atoms with Gasteiger partial charge in [0.15, 0.2) is 0 Å². The van der Waals surface area contributed by atoms with Gasteiger partial charge in [-0.3, -0.25) is 4.79 Å². The summed E-state index contributed by atoms with van der Waals surface area (Å²) in [6.45, 7) is 4.14. The lowest BCUT2D eigenvalue weighted by Gasteiger charge is -2.22. The van der Waals surface area contributed by atoms with Crippen LogP contribution in [0.1, 0.15) is 44.2 Å². The van der Waals surface area contributed by atoms with Crippen molar-refractivity contribution in [2.45, 2.75) is 46.0 Å². The first-order valence-electron chi connectivity index (χ1n) is 9.27. The van der Waals surface area contributed by atoms with E-state index in [1.807, 2.05) is 43.3 Å². The van der Waals surface area contributed by atoms with Gasteiger partial charge in [0, 0.05) is 6.42 Å². The zero-order valence-corrected chi connectivity index (χ0v) is 15.7. The fraction of sp³-hybridized carbons (Fsp3) is 0.364. The Morgan fingerprint density at radius 1 is 1.00 bits per heavy atom. The van der Waals surface area contributed by atoms with Crippen LogP contribution in [-0.2, 0) is 17.6 Å². The minimum atomic E-state index is -0.715. The van der Waals surface area contributed by atoms with E-state index >= 15 is 0 Å². The molecule has 2 aromatic rings. The Kier molecular flexibility index (Phi) is 7.39. The SMILES string of the molecule is CCc1ccccc1N(C(N)=O)C(=O)CC[C@H](C)CCc1ccccc1. The molecule has 0 aliphatic rings. The number of carbonyl (C=O) groups is 2. The lowest BCUT2D eigenvalue weighted by atomic mass is 9.96. The standard InChI is InChI=1S/C22H28N2O2/c1-3-19-11-7-8-12-20(19)24(22(23)26)21(25)16-14-17(2)13-15-18-9-5-4-6-10-18/h4-12,17H,3,13-16H2,1-2H3,(H2,23,26)/t17-/m1/s1. The number of aryl methyl sites for hydroxylation is 2. The van der Waals surface area contributed by atoms with E-state index in [4.69, 9.17) is 5.73 Å². The van der Waals surface area contributed by atoms with Gasteiger partial charge in [-0.2, -0.15) is 0 Å². The third kappa shape index (κ3) is 5.45. The Balaban J connectivity index is 1.94. The molecule has 0 aliphatic heterocycles. The van der Waals surface area contributed by atoms with Gasteiger partial charge in [-0.1, -0.05) is 62.4 Å². The van der Waals surface area contributed by atoms with Crippen LogP contribution >= 0.6 is 0 Å². The van der Waals surface area contributed by atoms with Gasteiger partial charge >= 0.3 is 6.03 Å². The maximum absolute atomic E-state index is 12.7. The lowest BCUT2D eigenvalue weighted by Crippen LogP contribution is -2.41. The van der Waals surface area contributed by atoms with E-state index in [9.17, 15) is 9.59 Å². The van der Waals surface area contributed by atoms with Gasteiger partial charge in [-0.05, 0) is 48.8 Å². The monoisotopic (exact) mass is 352 g/mol. The first-order valence-corrected chi connectivity index (χ1v) is 9.27. The van der Waals surface area contributed by atoms with Crippen molar-refractivity contribution >= 4 is 17.6 Å². The second-order valence-electron chi connectivity index (χ2n) is 6.72. The number of urea groups is 1. The van der Waals surface area contributed by atoms with Gasteiger partial charge in [0.25, 0.3) is 0 Å². The number of benzene rings is 2. The summed E-state index contributed by atoms with van der Waals surface area (Å²) in [7, 11) is 0. The van der Waals surface area contributed by atoms with E-state index in [-0.39, 0.29) is 5.91 Å². The number of nitrogens with two attached hydrogens (primary N) is 1. The molecular weight excluding hydrogens is 324 g/mol. The summed E-state index contributed by atoms with van der Waals surface area (Å²) >= 11 is 0. The van der Waals surface area contributed by atoms with Crippen LogP contribution in [0.25, 0.3) is 0 Å². The number of anilines is 1. The minimum absolute atomic E-state index is 0.232. The van der Waals surface area contributed by atoms with Crippen molar-refractivity contribution in [3.8, 4) is 0 Å². The summed E-state index contributed by atoms with van der Waals surface area (Å²) < 4.78 is 0. The molecule has 0 unspecified atom stereocenters. The van der Waals surface area contributed by atoms with Crippen LogP contribution in [0.15, 0.2) is 54.6 Å². The highest BCUT2D eigenvalue weighted by atomic mass is 16.2. The molecule has 3 amide bonds. The molecule has 2 aromatic carbocycles. The maximum Gasteiger partial charge on any atom is 0.326 e. The lowest BCUT2D eigenvalue weighted by molar-refractivity contribution is -0.118. The molecule has 4 heteroatoms. The van der Waals surface area contributed by atoms with Gasteiger partial charge in [0.05, 0.1) is 5.69 Å². The van der Waals surface area contributed by atoms with Gasteiger partial charge in [0.2, 0.25) is 5.91 Å². The molecule has 0 aliphatic carbocycles. The zero-order valence-electron chi connectivity index (χ0n) is 15.7. The summed E-state index contributed by atoms with van der Waals surface area (Å²) in [6, 6.07) is 17.0. The highest BCUT2D eigenvalue weighted by molar-refractivity contribution is 6.14. The molecule has 0 bridgehead atoms. The van der Waals surface area contributed by atoms with Gasteiger partial charge in [-0.25, -0.2) is 9.69 Å². The van der Waals surface area contributed by atoms with E-state index in [1.54, 1.807) is 6.07 Å². The van der Waals surface area contributed by atoms with Gasteiger partial charge < -0.3 is 5.73 Å². The Hall–Kier alpha value is -2.62. The molecule has 1 atom stereocenters. The molecular formula is C22H28N2O2. The van der Waals surface area contributed by atoms with Crippen molar-refractivity contribution in [3.05, 3.63) is 65.7 Å². The number of para-hydroxylation sites is 1. The molecule has 0 spiro atoms. The molecule has 0 fully saturated rings. The number of primary amides is 1. The second kappa shape index (κ2) is 9.76. The van der Waals surface area contributed by atoms with Gasteiger partial charge in [0.1, 0.15) is 0 Å². The summed E-state index contributed by atoms with van der Waals surface area (Å²) in [4.78, 5) is 25.7. The number of nitrogens with zero attached hydrogens (tertiary/aromatic N) is 1. The molecule has 2 N–H and O–H groups in total. The predicted octanol–water partition coefficient (Wildman–Crippen LogP) is 4.71. The maximum atomic E-state index is 12.7. The molecule has 2 rings (SSSR count). The van der Waals surface area contributed by atoms with Crippen molar-refractivity contribution in [3.63, 3.8) is 0 Å². The highest BCUT2D eigenvalue weighted by Gasteiger charge is 2.23. The van der Waals surface area contributed by atoms with Crippen molar-refractivity contribution in [1.82, 2.24) is 0 Å². The Bertz CT molecular complexity index is 728. The first-order chi connectivity index (χ1) is 12.5. The predicted molar refractivity (Wildman–Crippen MR) is 106 cm³/mol. The number of imide groups is 1. The zero-order chi connectivity index (χ0) is 18.9. The normalized spacial score (nSPS) is 11.8. The number of hydrogen-bond donors (Lipinski definition) is 1. The molecule has 0 heterocycles. The van der Waals surface area contributed by atoms with Crippen LogP contribution < -0.4 is 10.6 Å². The van der Waals surface area contributed by atoms with E-state index in [0.29, 0.717) is 18.0 Å². The molecule has 26 heavy (non-hydrogen) atoms. The van der Waals surface area contributed by atoms with Crippen LogP contribution in [-0.4, -0.2) is 11.9 Å². The Morgan fingerprint density at radius 3 is 2.31 bits per heavy atom. The van der Waals surface area contributed by atoms with Crippen molar-refractivity contribution in [1.29, 1.82) is 0 Å². The average molecular weight is 352 g/mol. The molecule has 0 saturated heterocycles. The fourth-order valence-electron chi connectivity index (χ4n) is 3.09. The molecule has 138 valence electrons. The smallest absolute Gasteiger partial charge is 0.326 e. The molecule has 4 nitrogen and oxygen atoms in total. The number of hydrogen-bond acceptors (Lipinski definition) is 2. The summed E-state index contributed by atoms with van der Waals surface area (Å²) in [6.07, 6.45) is 3.80. The Labute approximate surface area is 156 Å². The van der Waals surface area contributed by atoms with E-state index in [0.717, 1.165) is 36.1 Å². The highest BCUT2D eigenvalue weighted by Crippen LogP contribution is 2.23. The van der Waals surface area contributed by atoms with Crippen LogP contribution in [0, 0.1) is 5.92 Å². The summed E-state index contributed by atoms with van der Waals surface area (Å²) in [5.41, 5.74) is 8.35. The molecule has 0 radical (unpaired) electrons. The third-order valence-corrected chi connectivity index (χ3v) is 4.70. The summed E-state index contributed by atoms with van der Waals surface area (Å²) in [5.74, 6) is 0.167. The third-order valence-electron chi connectivity index (χ3n) is 4.70. The van der Waals surface area contributed by atoms with E-state index in [1.165, 1.54) is 5.56 Å². The average Bonchev–Trinajstić information content (AvgIpc) is 2.66. The van der Waals surface area contributed by atoms with Crippen molar-refractivity contribution in [2.24, 2.45) is 11.7 Å². The van der Waals surface area contributed by atoms with Crippen molar-refractivity contribution < 1.29 is 9.59 Å². The van der Waals surface area contributed by atoms with Crippen LogP contribution in [0.5, 0.6) is 0 Å². The molecule has 0 saturated carbocycles. The second-order valence-corrected chi connectivity index (χ2v) is 6.72. The van der Waals surface area contributed by atoms with E-state index in [2.05, 4.69) is 19.1 Å². The Morgan fingerprint density at radius 2 is 1.65 bits per heavy atom. The largest absolute Gasteiger partial charge is 0.351 e. The number of amides is 3. The number of carbonyl (C=O) groups excluding carboxylic acids is 2.